The topological polar surface area (TPSA) is 64.1 Å². The van der Waals surface area contributed by atoms with Crippen LogP contribution in [-0.4, -0.2) is 40.4 Å². The second-order valence-corrected chi connectivity index (χ2v) is 6.38. The molecule has 1 unspecified atom stereocenters. The summed E-state index contributed by atoms with van der Waals surface area (Å²) < 4.78 is 16.3. The van der Waals surface area contributed by atoms with Crippen LogP contribution in [0.5, 0.6) is 17.2 Å². The molecule has 0 saturated carbocycles. The molecule has 7 heteroatoms. The molecule has 0 aliphatic carbocycles. The fourth-order valence-corrected chi connectivity index (χ4v) is 2.94. The molecular formula is C22H32IN3O3. The van der Waals surface area contributed by atoms with Gasteiger partial charge in [0.1, 0.15) is 0 Å². The zero-order chi connectivity index (χ0) is 20.4. The van der Waals surface area contributed by atoms with Gasteiger partial charge in [-0.2, -0.15) is 0 Å². The van der Waals surface area contributed by atoms with E-state index in [1.54, 1.807) is 21.3 Å². The van der Waals surface area contributed by atoms with E-state index < -0.39 is 0 Å². The lowest BCUT2D eigenvalue weighted by Gasteiger charge is -2.17. The number of nitrogens with zero attached hydrogens (tertiary/aromatic N) is 1. The maximum atomic E-state index is 5.54. The van der Waals surface area contributed by atoms with E-state index in [1.807, 2.05) is 18.2 Å². The SMILES string of the molecule is CCNC(=NCc1ccc(OC)c(OC)c1OC)NCC(C)c1ccccc1.I. The lowest BCUT2D eigenvalue weighted by Crippen LogP contribution is -2.39. The molecule has 0 aliphatic rings. The third kappa shape index (κ3) is 6.99. The van der Waals surface area contributed by atoms with Crippen molar-refractivity contribution in [3.05, 3.63) is 53.6 Å². The number of aliphatic imine (C=N–C) groups is 1. The highest BCUT2D eigenvalue weighted by atomic mass is 127. The summed E-state index contributed by atoms with van der Waals surface area (Å²) >= 11 is 0. The average molecular weight is 513 g/mol. The Morgan fingerprint density at radius 3 is 2.21 bits per heavy atom. The van der Waals surface area contributed by atoms with Gasteiger partial charge in [-0.25, -0.2) is 4.99 Å². The van der Waals surface area contributed by atoms with E-state index in [-0.39, 0.29) is 24.0 Å². The van der Waals surface area contributed by atoms with Gasteiger partial charge in [0.05, 0.1) is 27.9 Å². The number of benzene rings is 2. The molecule has 2 aromatic rings. The van der Waals surface area contributed by atoms with Crippen molar-refractivity contribution < 1.29 is 14.2 Å². The first kappa shape index (κ1) is 24.9. The van der Waals surface area contributed by atoms with Crippen LogP contribution in [0.15, 0.2) is 47.5 Å². The van der Waals surface area contributed by atoms with Gasteiger partial charge < -0.3 is 24.8 Å². The number of nitrogens with one attached hydrogen (secondary N) is 2. The number of halogens is 1. The van der Waals surface area contributed by atoms with Crippen LogP contribution in [0.1, 0.15) is 30.9 Å². The predicted octanol–water partition coefficient (Wildman–Crippen LogP) is 4.19. The molecule has 0 aromatic heterocycles. The number of hydrogen-bond donors (Lipinski definition) is 2. The first-order valence-electron chi connectivity index (χ1n) is 9.49. The molecule has 2 rings (SSSR count). The molecular weight excluding hydrogens is 481 g/mol. The maximum absolute atomic E-state index is 5.54. The molecule has 0 fully saturated rings. The summed E-state index contributed by atoms with van der Waals surface area (Å²) in [7, 11) is 4.83. The Kier molecular flexibility index (Phi) is 11.3. The first-order valence-corrected chi connectivity index (χ1v) is 9.49. The van der Waals surface area contributed by atoms with E-state index in [2.05, 4.69) is 48.7 Å². The Morgan fingerprint density at radius 2 is 1.62 bits per heavy atom. The van der Waals surface area contributed by atoms with E-state index in [0.717, 1.165) is 24.6 Å². The Bertz CT molecular complexity index is 769. The molecule has 29 heavy (non-hydrogen) atoms. The predicted molar refractivity (Wildman–Crippen MR) is 129 cm³/mol. The fraction of sp³-hybridized carbons (Fsp3) is 0.409. The number of ether oxygens (including phenoxy) is 3. The summed E-state index contributed by atoms with van der Waals surface area (Å²) in [6.07, 6.45) is 0. The van der Waals surface area contributed by atoms with Crippen LogP contribution in [0, 0.1) is 0 Å². The van der Waals surface area contributed by atoms with Crippen molar-refractivity contribution in [3.8, 4) is 17.2 Å². The van der Waals surface area contributed by atoms with Crippen LogP contribution >= 0.6 is 24.0 Å². The number of methoxy groups -OCH3 is 3. The molecule has 0 saturated heterocycles. The molecule has 0 bridgehead atoms. The van der Waals surface area contributed by atoms with Crippen LogP contribution in [-0.2, 0) is 6.54 Å². The highest BCUT2D eigenvalue weighted by Gasteiger charge is 2.15. The van der Waals surface area contributed by atoms with Crippen molar-refractivity contribution in [1.82, 2.24) is 10.6 Å². The molecule has 2 aromatic carbocycles. The minimum absolute atomic E-state index is 0. The molecule has 0 aliphatic heterocycles. The van der Waals surface area contributed by atoms with Crippen LogP contribution in [0.2, 0.25) is 0 Å². The monoisotopic (exact) mass is 513 g/mol. The molecule has 0 spiro atoms. The Morgan fingerprint density at radius 1 is 0.931 bits per heavy atom. The van der Waals surface area contributed by atoms with Gasteiger partial charge in [0, 0.05) is 18.7 Å². The van der Waals surface area contributed by atoms with Crippen molar-refractivity contribution >= 4 is 29.9 Å². The van der Waals surface area contributed by atoms with E-state index in [9.17, 15) is 0 Å². The second kappa shape index (κ2) is 13.1. The third-order valence-electron chi connectivity index (χ3n) is 4.48. The Labute approximate surface area is 191 Å². The quantitative estimate of drug-likeness (QED) is 0.299. The molecule has 1 atom stereocenters. The molecule has 0 amide bonds. The Balaban J connectivity index is 0.00000420. The second-order valence-electron chi connectivity index (χ2n) is 6.38. The van der Waals surface area contributed by atoms with E-state index >= 15 is 0 Å². The van der Waals surface area contributed by atoms with Crippen LogP contribution in [0.3, 0.4) is 0 Å². The van der Waals surface area contributed by atoms with E-state index in [0.29, 0.717) is 29.7 Å². The van der Waals surface area contributed by atoms with Crippen LogP contribution < -0.4 is 24.8 Å². The molecule has 0 heterocycles. The Hall–Kier alpha value is -2.16. The van der Waals surface area contributed by atoms with Gasteiger partial charge in [-0.05, 0) is 30.5 Å². The van der Waals surface area contributed by atoms with E-state index in [1.165, 1.54) is 5.56 Å². The average Bonchev–Trinajstić information content (AvgIpc) is 2.75. The number of hydrogen-bond acceptors (Lipinski definition) is 4. The van der Waals surface area contributed by atoms with Crippen molar-refractivity contribution in [2.75, 3.05) is 34.4 Å². The van der Waals surface area contributed by atoms with Gasteiger partial charge in [0.2, 0.25) is 5.75 Å². The summed E-state index contributed by atoms with van der Waals surface area (Å²) in [6.45, 7) is 6.28. The highest BCUT2D eigenvalue weighted by Crippen LogP contribution is 2.39. The first-order chi connectivity index (χ1) is 13.6. The standard InChI is InChI=1S/C22H31N3O3.HI/c1-6-23-22(24-14-16(2)17-10-8-7-9-11-17)25-15-18-12-13-19(26-3)21(28-5)20(18)27-4;/h7-13,16H,6,14-15H2,1-5H3,(H2,23,24,25);1H. The summed E-state index contributed by atoms with van der Waals surface area (Å²) in [5.41, 5.74) is 2.22. The van der Waals surface area contributed by atoms with Gasteiger partial charge in [-0.3, -0.25) is 0 Å². The van der Waals surface area contributed by atoms with Crippen molar-refractivity contribution in [3.63, 3.8) is 0 Å². The van der Waals surface area contributed by atoms with Gasteiger partial charge in [0.25, 0.3) is 0 Å². The maximum Gasteiger partial charge on any atom is 0.203 e. The van der Waals surface area contributed by atoms with Crippen molar-refractivity contribution in [1.29, 1.82) is 0 Å². The zero-order valence-corrected chi connectivity index (χ0v) is 20.2. The normalized spacial score (nSPS) is 11.8. The number of rotatable bonds is 9. The molecule has 160 valence electrons. The lowest BCUT2D eigenvalue weighted by molar-refractivity contribution is 0.322. The lowest BCUT2D eigenvalue weighted by atomic mass is 10.0. The van der Waals surface area contributed by atoms with Gasteiger partial charge in [-0.15, -0.1) is 24.0 Å². The largest absolute Gasteiger partial charge is 0.493 e. The van der Waals surface area contributed by atoms with Crippen molar-refractivity contribution in [2.24, 2.45) is 4.99 Å². The van der Waals surface area contributed by atoms with Crippen LogP contribution in [0.25, 0.3) is 0 Å². The summed E-state index contributed by atoms with van der Waals surface area (Å²) in [6, 6.07) is 14.3. The van der Waals surface area contributed by atoms with Gasteiger partial charge in [-0.1, -0.05) is 37.3 Å². The van der Waals surface area contributed by atoms with Crippen LogP contribution in [0.4, 0.5) is 0 Å². The minimum atomic E-state index is 0. The van der Waals surface area contributed by atoms with Gasteiger partial charge in [0.15, 0.2) is 17.5 Å². The zero-order valence-electron chi connectivity index (χ0n) is 17.8. The summed E-state index contributed by atoms with van der Waals surface area (Å²) in [5, 5.41) is 6.71. The highest BCUT2D eigenvalue weighted by molar-refractivity contribution is 14.0. The summed E-state index contributed by atoms with van der Waals surface area (Å²) in [5.74, 6) is 2.99. The number of guanidine groups is 1. The van der Waals surface area contributed by atoms with Crippen molar-refractivity contribution in [2.45, 2.75) is 26.3 Å². The molecule has 6 nitrogen and oxygen atoms in total. The molecule has 2 N–H and O–H groups in total. The fourth-order valence-electron chi connectivity index (χ4n) is 2.94. The third-order valence-corrected chi connectivity index (χ3v) is 4.48. The van der Waals surface area contributed by atoms with E-state index in [4.69, 9.17) is 19.2 Å². The smallest absolute Gasteiger partial charge is 0.203 e. The van der Waals surface area contributed by atoms with Gasteiger partial charge >= 0.3 is 0 Å². The summed E-state index contributed by atoms with van der Waals surface area (Å²) in [4.78, 5) is 4.71. The molecule has 0 radical (unpaired) electrons. The minimum Gasteiger partial charge on any atom is -0.493 e.